The van der Waals surface area contributed by atoms with Crippen molar-refractivity contribution in [1.82, 2.24) is 29.7 Å². The molecule has 2 N–H and O–H groups in total. The second kappa shape index (κ2) is 6.70. The Labute approximate surface area is 152 Å². The highest BCUT2D eigenvalue weighted by molar-refractivity contribution is 7.12. The molecule has 26 heavy (non-hydrogen) atoms. The molecule has 4 aromatic rings. The maximum atomic E-state index is 12.0. The van der Waals surface area contributed by atoms with Crippen molar-refractivity contribution >= 4 is 22.9 Å². The van der Waals surface area contributed by atoms with Crippen molar-refractivity contribution in [1.29, 1.82) is 0 Å². The molecule has 0 atom stereocenters. The van der Waals surface area contributed by atoms with E-state index in [2.05, 4.69) is 20.5 Å². The zero-order chi connectivity index (χ0) is 18.1. The third kappa shape index (κ3) is 2.98. The van der Waals surface area contributed by atoms with Gasteiger partial charge in [0.25, 0.3) is 5.91 Å². The van der Waals surface area contributed by atoms with Crippen LogP contribution in [0.5, 0.6) is 0 Å². The maximum Gasteiger partial charge on any atom is 0.261 e. The number of rotatable bonds is 5. The summed E-state index contributed by atoms with van der Waals surface area (Å²) in [7, 11) is 1.87. The van der Waals surface area contributed by atoms with E-state index in [1.165, 1.54) is 11.3 Å². The van der Waals surface area contributed by atoms with Gasteiger partial charge in [-0.2, -0.15) is 10.2 Å². The number of hydrogen-bond acceptors (Lipinski definition) is 6. The summed E-state index contributed by atoms with van der Waals surface area (Å²) in [4.78, 5) is 17.1. The minimum atomic E-state index is -0.196. The van der Waals surface area contributed by atoms with Crippen LogP contribution in [0.25, 0.3) is 27.9 Å². The molecule has 0 aliphatic heterocycles. The Hall–Kier alpha value is -3.04. The molecular formula is C17H16N6O2S. The number of aliphatic hydroxyl groups is 1. The number of aliphatic hydroxyl groups excluding tert-OH is 1. The van der Waals surface area contributed by atoms with Gasteiger partial charge in [0.2, 0.25) is 0 Å². The Kier molecular flexibility index (Phi) is 4.23. The van der Waals surface area contributed by atoms with E-state index in [0.717, 1.165) is 27.9 Å². The Balaban J connectivity index is 1.65. The van der Waals surface area contributed by atoms with Crippen LogP contribution < -0.4 is 5.32 Å². The van der Waals surface area contributed by atoms with Gasteiger partial charge in [-0.25, -0.2) is 9.50 Å². The van der Waals surface area contributed by atoms with Crippen molar-refractivity contribution in [3.05, 3.63) is 47.3 Å². The summed E-state index contributed by atoms with van der Waals surface area (Å²) in [5, 5.41) is 21.9. The van der Waals surface area contributed by atoms with Crippen LogP contribution in [0.3, 0.4) is 0 Å². The van der Waals surface area contributed by atoms with Crippen molar-refractivity contribution < 1.29 is 9.90 Å². The highest BCUT2D eigenvalue weighted by atomic mass is 32.1. The SMILES string of the molecule is Cn1cc(-c2cnc3c(-c4csc(C(=O)NCCO)c4)cnn3c2)cn1. The van der Waals surface area contributed by atoms with Crippen LogP contribution in [-0.4, -0.2) is 48.5 Å². The summed E-state index contributed by atoms with van der Waals surface area (Å²) in [6.07, 6.45) is 9.14. The first-order valence-corrected chi connectivity index (χ1v) is 8.84. The van der Waals surface area contributed by atoms with Crippen LogP contribution in [0.4, 0.5) is 0 Å². The second-order valence-electron chi connectivity index (χ2n) is 5.75. The van der Waals surface area contributed by atoms with Crippen LogP contribution in [0, 0.1) is 0 Å². The average Bonchev–Trinajstić information content (AvgIpc) is 3.37. The van der Waals surface area contributed by atoms with Gasteiger partial charge in [0.05, 0.1) is 23.9 Å². The molecule has 0 fully saturated rings. The quantitative estimate of drug-likeness (QED) is 0.557. The first-order chi connectivity index (χ1) is 12.7. The molecule has 0 bridgehead atoms. The van der Waals surface area contributed by atoms with Crippen LogP contribution in [0.1, 0.15) is 9.67 Å². The molecule has 0 spiro atoms. The Bertz CT molecular complexity index is 1080. The number of aryl methyl sites for hydroxylation is 1. The van der Waals surface area contributed by atoms with Gasteiger partial charge in [0.15, 0.2) is 5.65 Å². The van der Waals surface area contributed by atoms with Crippen molar-refractivity contribution in [2.75, 3.05) is 13.2 Å². The lowest BCUT2D eigenvalue weighted by molar-refractivity contribution is 0.0949. The Morgan fingerprint density at radius 3 is 2.81 bits per heavy atom. The standard InChI is InChI=1S/C17H16N6O2S/c1-22-8-13(6-20-22)12-5-19-16-14(7-21-23(16)9-12)11-4-15(26-10-11)17(25)18-2-3-24/h4-10,24H,2-3H2,1H3,(H,18,25). The molecule has 0 saturated carbocycles. The molecule has 0 radical (unpaired) electrons. The summed E-state index contributed by atoms with van der Waals surface area (Å²) < 4.78 is 3.46. The molecule has 132 valence electrons. The minimum absolute atomic E-state index is 0.0821. The van der Waals surface area contributed by atoms with Gasteiger partial charge in [-0.3, -0.25) is 9.48 Å². The molecule has 0 aliphatic carbocycles. The number of carbonyl (C=O) groups excluding carboxylic acids is 1. The molecule has 4 aromatic heterocycles. The first kappa shape index (κ1) is 16.4. The number of fused-ring (bicyclic) bond motifs is 1. The largest absolute Gasteiger partial charge is 0.395 e. The lowest BCUT2D eigenvalue weighted by Crippen LogP contribution is -2.25. The number of carbonyl (C=O) groups is 1. The highest BCUT2D eigenvalue weighted by Crippen LogP contribution is 2.29. The van der Waals surface area contributed by atoms with Crippen LogP contribution in [-0.2, 0) is 7.05 Å². The third-order valence-electron chi connectivity index (χ3n) is 3.93. The van der Waals surface area contributed by atoms with Gasteiger partial charge >= 0.3 is 0 Å². The predicted molar refractivity (Wildman–Crippen MR) is 97.9 cm³/mol. The number of nitrogens with one attached hydrogen (secondary N) is 1. The van der Waals surface area contributed by atoms with Crippen molar-refractivity contribution in [2.45, 2.75) is 0 Å². The van der Waals surface area contributed by atoms with E-state index in [9.17, 15) is 4.79 Å². The molecular weight excluding hydrogens is 352 g/mol. The maximum absolute atomic E-state index is 12.0. The van der Waals surface area contributed by atoms with Gasteiger partial charge in [0.1, 0.15) is 0 Å². The summed E-state index contributed by atoms with van der Waals surface area (Å²) >= 11 is 1.35. The molecule has 0 aromatic carbocycles. The topological polar surface area (TPSA) is 97.3 Å². The van der Waals surface area contributed by atoms with E-state index >= 15 is 0 Å². The molecule has 4 heterocycles. The molecule has 0 aliphatic rings. The van der Waals surface area contributed by atoms with Gasteiger partial charge < -0.3 is 10.4 Å². The Morgan fingerprint density at radius 1 is 1.19 bits per heavy atom. The number of amides is 1. The smallest absolute Gasteiger partial charge is 0.261 e. The minimum Gasteiger partial charge on any atom is -0.395 e. The second-order valence-corrected chi connectivity index (χ2v) is 6.66. The van der Waals surface area contributed by atoms with Gasteiger partial charge in [-0.1, -0.05) is 0 Å². The third-order valence-corrected chi connectivity index (χ3v) is 4.86. The van der Waals surface area contributed by atoms with E-state index in [0.29, 0.717) is 4.88 Å². The zero-order valence-electron chi connectivity index (χ0n) is 14.0. The van der Waals surface area contributed by atoms with E-state index < -0.39 is 0 Å². The highest BCUT2D eigenvalue weighted by Gasteiger charge is 2.14. The fraction of sp³-hybridized carbons (Fsp3) is 0.176. The lowest BCUT2D eigenvalue weighted by Gasteiger charge is -2.00. The fourth-order valence-corrected chi connectivity index (χ4v) is 3.47. The zero-order valence-corrected chi connectivity index (χ0v) is 14.8. The van der Waals surface area contributed by atoms with Crippen LogP contribution >= 0.6 is 11.3 Å². The van der Waals surface area contributed by atoms with Crippen LogP contribution in [0.2, 0.25) is 0 Å². The number of thiophene rings is 1. The van der Waals surface area contributed by atoms with E-state index in [1.54, 1.807) is 27.8 Å². The van der Waals surface area contributed by atoms with Crippen molar-refractivity contribution in [2.24, 2.45) is 7.05 Å². The monoisotopic (exact) mass is 368 g/mol. The van der Waals surface area contributed by atoms with Crippen LogP contribution in [0.15, 0.2) is 42.4 Å². The predicted octanol–water partition coefficient (Wildman–Crippen LogP) is 1.58. The summed E-state index contributed by atoms with van der Waals surface area (Å²) in [5.74, 6) is -0.196. The van der Waals surface area contributed by atoms with Crippen molar-refractivity contribution in [3.8, 4) is 22.3 Å². The van der Waals surface area contributed by atoms with Gasteiger partial charge in [-0.15, -0.1) is 11.3 Å². The number of aromatic nitrogens is 5. The molecule has 1 amide bonds. The summed E-state index contributed by atoms with van der Waals surface area (Å²) in [5.41, 5.74) is 4.37. The fourth-order valence-electron chi connectivity index (χ4n) is 2.65. The lowest BCUT2D eigenvalue weighted by atomic mass is 10.1. The van der Waals surface area contributed by atoms with Crippen molar-refractivity contribution in [3.63, 3.8) is 0 Å². The summed E-state index contributed by atoms with van der Waals surface area (Å²) in [6, 6.07) is 1.81. The first-order valence-electron chi connectivity index (χ1n) is 7.96. The number of nitrogens with zero attached hydrogens (tertiary/aromatic N) is 5. The summed E-state index contributed by atoms with van der Waals surface area (Å²) in [6.45, 7) is 0.155. The molecule has 9 heteroatoms. The van der Waals surface area contributed by atoms with E-state index in [1.807, 2.05) is 30.9 Å². The van der Waals surface area contributed by atoms with E-state index in [-0.39, 0.29) is 19.1 Å². The normalized spacial score (nSPS) is 11.2. The average molecular weight is 368 g/mol. The Morgan fingerprint density at radius 2 is 2.04 bits per heavy atom. The molecule has 0 saturated heterocycles. The van der Waals surface area contributed by atoms with Gasteiger partial charge in [-0.05, 0) is 17.0 Å². The van der Waals surface area contributed by atoms with Gasteiger partial charge in [0, 0.05) is 48.9 Å². The molecule has 4 rings (SSSR count). The van der Waals surface area contributed by atoms with E-state index in [4.69, 9.17) is 5.11 Å². The number of hydrogen-bond donors (Lipinski definition) is 2. The molecule has 8 nitrogen and oxygen atoms in total. The molecule has 0 unspecified atom stereocenters.